The van der Waals surface area contributed by atoms with E-state index in [0.29, 0.717) is 12.5 Å². The summed E-state index contributed by atoms with van der Waals surface area (Å²) in [5.74, 6) is -0.174. The molecule has 3 heteroatoms. The Bertz CT molecular complexity index is 168. The molecule has 2 fully saturated rings. The highest BCUT2D eigenvalue weighted by atomic mass is 16.4. The molecule has 1 aliphatic carbocycles. The molecule has 0 aromatic carbocycles. The molecule has 1 unspecified atom stereocenters. The van der Waals surface area contributed by atoms with Gasteiger partial charge < -0.3 is 10.4 Å². The number of fused-ring (bicyclic) bond motifs is 1. The van der Waals surface area contributed by atoms with Crippen LogP contribution in [0.4, 0.5) is 0 Å². The number of hydrogen-bond donors (Lipinski definition) is 2. The van der Waals surface area contributed by atoms with Gasteiger partial charge in [0.15, 0.2) is 0 Å². The zero-order valence-electron chi connectivity index (χ0n) is 5.05. The van der Waals surface area contributed by atoms with E-state index in [9.17, 15) is 4.79 Å². The van der Waals surface area contributed by atoms with Gasteiger partial charge in [0.2, 0.25) is 0 Å². The molecule has 1 saturated heterocycles. The number of rotatable bonds is 1. The maximum atomic E-state index is 10.5. The molecule has 0 aromatic rings. The summed E-state index contributed by atoms with van der Waals surface area (Å²) in [5.41, 5.74) is -0.333. The summed E-state index contributed by atoms with van der Waals surface area (Å²) in [7, 11) is 0. The Morgan fingerprint density at radius 2 is 2.56 bits per heavy atom. The minimum absolute atomic E-state index is 0.333. The van der Waals surface area contributed by atoms with Gasteiger partial charge in [-0.05, 0) is 18.9 Å². The number of hydrogen-bond acceptors (Lipinski definition) is 2. The van der Waals surface area contributed by atoms with Crippen molar-refractivity contribution < 1.29 is 9.90 Å². The number of nitrogens with one attached hydrogen (secondary N) is 1. The molecule has 1 aliphatic heterocycles. The molecule has 3 nitrogen and oxygen atoms in total. The van der Waals surface area contributed by atoms with Crippen LogP contribution in [-0.2, 0) is 4.79 Å². The van der Waals surface area contributed by atoms with Crippen LogP contribution in [0.3, 0.4) is 0 Å². The fourth-order valence-electron chi connectivity index (χ4n) is 1.67. The van der Waals surface area contributed by atoms with E-state index in [2.05, 4.69) is 5.32 Å². The monoisotopic (exact) mass is 127 g/mol. The van der Waals surface area contributed by atoms with Gasteiger partial charge in [0.05, 0.1) is 5.41 Å². The largest absolute Gasteiger partial charge is 0.481 e. The first kappa shape index (κ1) is 5.23. The highest BCUT2D eigenvalue weighted by Gasteiger charge is 2.62. The summed E-state index contributed by atoms with van der Waals surface area (Å²) < 4.78 is 0. The molecule has 2 N–H and O–H groups in total. The van der Waals surface area contributed by atoms with Crippen molar-refractivity contribution in [3.05, 3.63) is 0 Å². The first-order valence-corrected chi connectivity index (χ1v) is 3.20. The highest BCUT2D eigenvalue weighted by molar-refractivity contribution is 5.79. The summed E-state index contributed by atoms with van der Waals surface area (Å²) >= 11 is 0. The third-order valence-electron chi connectivity index (χ3n) is 2.49. The summed E-state index contributed by atoms with van der Waals surface area (Å²) in [6, 6.07) is 0. The van der Waals surface area contributed by atoms with E-state index in [1.807, 2.05) is 0 Å². The molecular formula is C6H9NO2. The van der Waals surface area contributed by atoms with Crippen LogP contribution in [0.2, 0.25) is 0 Å². The molecule has 0 amide bonds. The Morgan fingerprint density at radius 3 is 2.78 bits per heavy atom. The standard InChI is InChI=1S/C6H9NO2/c8-5(9)6-1-4(6)2-7-3-6/h4,7H,1-3H2,(H,8,9)/t4?,6-/m0/s1. The first-order chi connectivity index (χ1) is 4.26. The molecule has 2 aliphatic rings. The van der Waals surface area contributed by atoms with Crippen molar-refractivity contribution >= 4 is 5.97 Å². The second kappa shape index (κ2) is 1.29. The van der Waals surface area contributed by atoms with E-state index in [-0.39, 0.29) is 5.41 Å². The summed E-state index contributed by atoms with van der Waals surface area (Å²) in [6.07, 6.45) is 0.898. The number of carboxylic acid groups (broad SMARTS) is 1. The molecule has 9 heavy (non-hydrogen) atoms. The fourth-order valence-corrected chi connectivity index (χ4v) is 1.67. The molecule has 1 heterocycles. The van der Waals surface area contributed by atoms with E-state index in [1.54, 1.807) is 0 Å². The second-order valence-electron chi connectivity index (χ2n) is 2.99. The molecule has 0 bridgehead atoms. The predicted octanol–water partition coefficient (Wildman–Crippen LogP) is -0.319. The minimum atomic E-state index is -0.613. The summed E-state index contributed by atoms with van der Waals surface area (Å²) in [5, 5.41) is 11.7. The Balaban J connectivity index is 2.19. The van der Waals surface area contributed by atoms with Gasteiger partial charge in [-0.15, -0.1) is 0 Å². The molecule has 1 saturated carbocycles. The van der Waals surface area contributed by atoms with Crippen LogP contribution >= 0.6 is 0 Å². The van der Waals surface area contributed by atoms with Gasteiger partial charge in [0, 0.05) is 6.54 Å². The molecule has 0 spiro atoms. The maximum Gasteiger partial charge on any atom is 0.311 e. The van der Waals surface area contributed by atoms with Crippen molar-refractivity contribution in [3.8, 4) is 0 Å². The lowest BCUT2D eigenvalue weighted by atomic mass is 10.1. The van der Waals surface area contributed by atoms with Crippen LogP contribution < -0.4 is 5.32 Å². The lowest BCUT2D eigenvalue weighted by Gasteiger charge is -2.01. The quantitative estimate of drug-likeness (QED) is 0.507. The normalized spacial score (nSPS) is 46.4. The first-order valence-electron chi connectivity index (χ1n) is 3.20. The molecule has 0 aromatic heterocycles. The number of aliphatic carboxylic acids is 1. The van der Waals surface area contributed by atoms with E-state index in [4.69, 9.17) is 5.11 Å². The van der Waals surface area contributed by atoms with E-state index < -0.39 is 5.97 Å². The van der Waals surface area contributed by atoms with Crippen molar-refractivity contribution in [2.75, 3.05) is 13.1 Å². The zero-order chi connectivity index (χ0) is 6.48. The van der Waals surface area contributed by atoms with Crippen molar-refractivity contribution in [1.29, 1.82) is 0 Å². The van der Waals surface area contributed by atoms with Gasteiger partial charge in [-0.2, -0.15) is 0 Å². The van der Waals surface area contributed by atoms with E-state index in [1.165, 1.54) is 0 Å². The number of carbonyl (C=O) groups is 1. The average molecular weight is 127 g/mol. The average Bonchev–Trinajstić information content (AvgIpc) is 2.38. The van der Waals surface area contributed by atoms with Gasteiger partial charge in [-0.25, -0.2) is 0 Å². The van der Waals surface area contributed by atoms with Gasteiger partial charge in [-0.3, -0.25) is 4.79 Å². The fraction of sp³-hybridized carbons (Fsp3) is 0.833. The zero-order valence-corrected chi connectivity index (χ0v) is 5.05. The lowest BCUT2D eigenvalue weighted by molar-refractivity contribution is -0.143. The van der Waals surface area contributed by atoms with Crippen molar-refractivity contribution in [3.63, 3.8) is 0 Å². The molecular weight excluding hydrogens is 118 g/mol. The Kier molecular flexibility index (Phi) is 0.750. The minimum Gasteiger partial charge on any atom is -0.481 e. The SMILES string of the molecule is O=C(O)[C@@]12CNCC1C2. The van der Waals surface area contributed by atoms with Crippen molar-refractivity contribution in [1.82, 2.24) is 5.32 Å². The van der Waals surface area contributed by atoms with Crippen LogP contribution in [0.15, 0.2) is 0 Å². The van der Waals surface area contributed by atoms with Crippen LogP contribution in [0.5, 0.6) is 0 Å². The number of piperidine rings is 1. The van der Waals surface area contributed by atoms with Crippen molar-refractivity contribution in [2.45, 2.75) is 6.42 Å². The van der Waals surface area contributed by atoms with Crippen LogP contribution in [0, 0.1) is 11.3 Å². The molecule has 50 valence electrons. The summed E-state index contributed by atoms with van der Waals surface area (Å²) in [6.45, 7) is 1.60. The van der Waals surface area contributed by atoms with E-state index >= 15 is 0 Å². The Morgan fingerprint density at radius 1 is 1.78 bits per heavy atom. The smallest absolute Gasteiger partial charge is 0.311 e. The Labute approximate surface area is 53.1 Å². The van der Waals surface area contributed by atoms with Gasteiger partial charge in [0.1, 0.15) is 0 Å². The molecule has 2 rings (SSSR count). The van der Waals surface area contributed by atoms with Gasteiger partial charge in [0.25, 0.3) is 0 Å². The third-order valence-corrected chi connectivity index (χ3v) is 2.49. The predicted molar refractivity (Wildman–Crippen MR) is 31.0 cm³/mol. The van der Waals surface area contributed by atoms with Crippen LogP contribution in [0.1, 0.15) is 6.42 Å². The Hall–Kier alpha value is -0.570. The number of carboxylic acids is 1. The molecule has 0 radical (unpaired) electrons. The lowest BCUT2D eigenvalue weighted by Crippen LogP contribution is -2.23. The topological polar surface area (TPSA) is 49.3 Å². The maximum absolute atomic E-state index is 10.5. The van der Waals surface area contributed by atoms with Crippen LogP contribution in [-0.4, -0.2) is 24.2 Å². The van der Waals surface area contributed by atoms with Crippen LogP contribution in [0.25, 0.3) is 0 Å². The van der Waals surface area contributed by atoms with Crippen molar-refractivity contribution in [2.24, 2.45) is 11.3 Å². The van der Waals surface area contributed by atoms with E-state index in [0.717, 1.165) is 13.0 Å². The molecule has 2 atom stereocenters. The van der Waals surface area contributed by atoms with Gasteiger partial charge >= 0.3 is 5.97 Å². The highest BCUT2D eigenvalue weighted by Crippen LogP contribution is 2.54. The summed E-state index contributed by atoms with van der Waals surface area (Å²) in [4.78, 5) is 10.5. The van der Waals surface area contributed by atoms with Gasteiger partial charge in [-0.1, -0.05) is 0 Å². The second-order valence-corrected chi connectivity index (χ2v) is 2.99. The third kappa shape index (κ3) is 0.477.